The fourth-order valence-corrected chi connectivity index (χ4v) is 3.46. The largest absolute Gasteiger partial charge is 0.478 e. The summed E-state index contributed by atoms with van der Waals surface area (Å²) in [5.74, 6) is -3.58. The van der Waals surface area contributed by atoms with Gasteiger partial charge in [0, 0.05) is 28.9 Å². The van der Waals surface area contributed by atoms with Crippen LogP contribution in [0.1, 0.15) is 48.0 Å². The Labute approximate surface area is 181 Å². The number of aromatic nitrogens is 1. The number of halogens is 1. The molecule has 158 valence electrons. The first-order valence-corrected chi connectivity index (χ1v) is 9.34. The zero-order valence-electron chi connectivity index (χ0n) is 16.5. The molecule has 3 N–H and O–H groups in total. The molecule has 3 rings (SSSR count). The number of hydrogen-bond acceptors (Lipinski definition) is 4. The zero-order valence-corrected chi connectivity index (χ0v) is 17.2. The van der Waals surface area contributed by atoms with Gasteiger partial charge in [-0.15, -0.1) is 0 Å². The number of carbonyl (C=O) groups is 3. The molecular formula is C22H17ClN2O6. The summed E-state index contributed by atoms with van der Waals surface area (Å²) >= 11 is 5.97. The molecular weight excluding hydrogens is 424 g/mol. The van der Waals surface area contributed by atoms with Crippen LogP contribution in [0.4, 0.5) is 5.69 Å². The third-order valence-electron chi connectivity index (χ3n) is 4.68. The van der Waals surface area contributed by atoms with Crippen LogP contribution in [0.15, 0.2) is 47.5 Å². The van der Waals surface area contributed by atoms with Crippen molar-refractivity contribution in [3.8, 4) is 5.69 Å². The van der Waals surface area contributed by atoms with Gasteiger partial charge in [0.2, 0.25) is 0 Å². The van der Waals surface area contributed by atoms with Crippen LogP contribution in [-0.2, 0) is 0 Å². The van der Waals surface area contributed by atoms with Gasteiger partial charge in [-0.3, -0.25) is 4.99 Å². The van der Waals surface area contributed by atoms with Crippen LogP contribution in [0.3, 0.4) is 0 Å². The van der Waals surface area contributed by atoms with E-state index in [-0.39, 0.29) is 21.7 Å². The van der Waals surface area contributed by atoms with E-state index in [0.717, 1.165) is 11.8 Å². The van der Waals surface area contributed by atoms with Gasteiger partial charge >= 0.3 is 17.9 Å². The zero-order chi connectivity index (χ0) is 22.9. The molecule has 0 saturated carbocycles. The Kier molecular flexibility index (Phi) is 5.94. The summed E-state index contributed by atoms with van der Waals surface area (Å²) in [7, 11) is 0. The van der Waals surface area contributed by atoms with Crippen molar-refractivity contribution >= 4 is 41.4 Å². The van der Waals surface area contributed by atoms with E-state index in [1.165, 1.54) is 30.3 Å². The minimum absolute atomic E-state index is 0.0219. The highest BCUT2D eigenvalue weighted by Crippen LogP contribution is 2.25. The molecule has 0 atom stereocenters. The Balaban J connectivity index is 2.03. The molecule has 2 aromatic carbocycles. The van der Waals surface area contributed by atoms with E-state index in [0.29, 0.717) is 22.6 Å². The number of aromatic carboxylic acids is 3. The van der Waals surface area contributed by atoms with Crippen molar-refractivity contribution in [1.82, 2.24) is 4.57 Å². The van der Waals surface area contributed by atoms with Gasteiger partial charge in [-0.1, -0.05) is 11.6 Å². The minimum Gasteiger partial charge on any atom is -0.478 e. The lowest BCUT2D eigenvalue weighted by Gasteiger charge is -2.12. The molecule has 0 unspecified atom stereocenters. The second-order valence-electron chi connectivity index (χ2n) is 6.77. The highest BCUT2D eigenvalue weighted by Gasteiger charge is 2.16. The van der Waals surface area contributed by atoms with Gasteiger partial charge in [-0.2, -0.15) is 0 Å². The van der Waals surface area contributed by atoms with Crippen LogP contribution in [0, 0.1) is 13.8 Å². The first-order chi connectivity index (χ1) is 14.6. The maximum atomic E-state index is 11.4. The second kappa shape index (κ2) is 8.45. The molecule has 0 aliphatic heterocycles. The maximum absolute atomic E-state index is 11.4. The number of benzene rings is 2. The quantitative estimate of drug-likeness (QED) is 0.480. The van der Waals surface area contributed by atoms with Crippen molar-refractivity contribution in [2.24, 2.45) is 4.99 Å². The molecule has 0 spiro atoms. The fraction of sp³-hybridized carbons (Fsp3) is 0.0909. The third-order valence-corrected chi connectivity index (χ3v) is 4.99. The molecule has 1 heterocycles. The van der Waals surface area contributed by atoms with Crippen molar-refractivity contribution in [3.63, 3.8) is 0 Å². The van der Waals surface area contributed by atoms with E-state index in [4.69, 9.17) is 16.7 Å². The number of aliphatic imine (C=N–C) groups is 1. The summed E-state index contributed by atoms with van der Waals surface area (Å²) in [6, 6.07) is 10.1. The standard InChI is InChI=1S/C22H17ClN2O6/c1-11-5-15(10-24-16-3-4-18(22(30)31)19(23)9-16)12(2)25(11)17-7-13(20(26)27)6-14(8-17)21(28)29/h3-10H,1-2H3,(H,26,27)(H,28,29)(H,30,31). The maximum Gasteiger partial charge on any atom is 0.337 e. The van der Waals surface area contributed by atoms with E-state index >= 15 is 0 Å². The monoisotopic (exact) mass is 440 g/mol. The smallest absolute Gasteiger partial charge is 0.337 e. The van der Waals surface area contributed by atoms with Gasteiger partial charge < -0.3 is 19.9 Å². The van der Waals surface area contributed by atoms with Gasteiger partial charge in [0.1, 0.15) is 0 Å². The molecule has 0 aliphatic rings. The second-order valence-corrected chi connectivity index (χ2v) is 7.18. The van der Waals surface area contributed by atoms with Gasteiger partial charge in [0.25, 0.3) is 0 Å². The van der Waals surface area contributed by atoms with Crippen LogP contribution in [-0.4, -0.2) is 44.0 Å². The van der Waals surface area contributed by atoms with E-state index in [1.807, 2.05) is 6.07 Å². The number of hydrogen-bond donors (Lipinski definition) is 3. The number of carboxylic acid groups (broad SMARTS) is 3. The van der Waals surface area contributed by atoms with Crippen LogP contribution >= 0.6 is 11.6 Å². The molecule has 0 aliphatic carbocycles. The summed E-state index contributed by atoms with van der Waals surface area (Å²) in [6.45, 7) is 3.60. The average Bonchev–Trinajstić information content (AvgIpc) is 2.98. The lowest BCUT2D eigenvalue weighted by Crippen LogP contribution is -2.07. The molecule has 3 aromatic rings. The van der Waals surface area contributed by atoms with E-state index in [9.17, 15) is 24.6 Å². The van der Waals surface area contributed by atoms with Crippen molar-refractivity contribution < 1.29 is 29.7 Å². The first kappa shape index (κ1) is 21.8. The Bertz CT molecular complexity index is 1230. The van der Waals surface area contributed by atoms with Gasteiger partial charge in [-0.05, 0) is 56.3 Å². The predicted octanol–water partition coefficient (Wildman–Crippen LogP) is 4.59. The first-order valence-electron chi connectivity index (χ1n) is 8.96. The summed E-state index contributed by atoms with van der Waals surface area (Å²) in [5.41, 5.74) is 2.75. The molecule has 1 aromatic heterocycles. The molecule has 0 radical (unpaired) electrons. The molecule has 9 heteroatoms. The fourth-order valence-electron chi connectivity index (χ4n) is 3.20. The topological polar surface area (TPSA) is 129 Å². The van der Waals surface area contributed by atoms with Crippen molar-refractivity contribution in [2.45, 2.75) is 13.8 Å². The van der Waals surface area contributed by atoms with Crippen molar-refractivity contribution in [2.75, 3.05) is 0 Å². The summed E-state index contributed by atoms with van der Waals surface area (Å²) in [4.78, 5) is 38.2. The van der Waals surface area contributed by atoms with Crippen LogP contribution in [0.5, 0.6) is 0 Å². The summed E-state index contributed by atoms with van der Waals surface area (Å²) < 4.78 is 1.74. The van der Waals surface area contributed by atoms with E-state index in [1.54, 1.807) is 24.6 Å². The molecule has 0 bridgehead atoms. The lowest BCUT2D eigenvalue weighted by molar-refractivity contribution is 0.0682. The highest BCUT2D eigenvalue weighted by molar-refractivity contribution is 6.33. The minimum atomic E-state index is -1.23. The number of aryl methyl sites for hydroxylation is 1. The van der Waals surface area contributed by atoms with Crippen molar-refractivity contribution in [3.05, 3.63) is 81.1 Å². The predicted molar refractivity (Wildman–Crippen MR) is 115 cm³/mol. The number of nitrogens with zero attached hydrogens (tertiary/aromatic N) is 2. The van der Waals surface area contributed by atoms with Crippen LogP contribution in [0.25, 0.3) is 5.69 Å². The van der Waals surface area contributed by atoms with Gasteiger partial charge in [0.05, 0.1) is 27.4 Å². The van der Waals surface area contributed by atoms with Gasteiger partial charge in [-0.25, -0.2) is 14.4 Å². The SMILES string of the molecule is Cc1cc(C=Nc2ccc(C(=O)O)c(Cl)c2)c(C)n1-c1cc(C(=O)O)cc(C(=O)O)c1. The molecule has 31 heavy (non-hydrogen) atoms. The molecule has 0 saturated heterocycles. The highest BCUT2D eigenvalue weighted by atomic mass is 35.5. The third kappa shape index (κ3) is 4.49. The Morgan fingerprint density at radius 3 is 2.03 bits per heavy atom. The molecule has 8 nitrogen and oxygen atoms in total. The Morgan fingerprint density at radius 1 is 0.903 bits per heavy atom. The van der Waals surface area contributed by atoms with Gasteiger partial charge in [0.15, 0.2) is 0 Å². The van der Waals surface area contributed by atoms with E-state index < -0.39 is 17.9 Å². The normalized spacial score (nSPS) is 11.1. The number of rotatable bonds is 6. The molecule has 0 fully saturated rings. The molecule has 0 amide bonds. The van der Waals surface area contributed by atoms with Crippen molar-refractivity contribution in [1.29, 1.82) is 0 Å². The summed E-state index contributed by atoms with van der Waals surface area (Å²) in [5, 5.41) is 27.8. The number of carboxylic acids is 3. The Hall–Kier alpha value is -3.91. The lowest BCUT2D eigenvalue weighted by atomic mass is 10.1. The van der Waals surface area contributed by atoms with E-state index in [2.05, 4.69) is 4.99 Å². The average molecular weight is 441 g/mol. The van der Waals surface area contributed by atoms with Crippen LogP contribution in [0.2, 0.25) is 5.02 Å². The van der Waals surface area contributed by atoms with Crippen LogP contribution < -0.4 is 0 Å². The Morgan fingerprint density at radius 2 is 1.52 bits per heavy atom. The summed E-state index contributed by atoms with van der Waals surface area (Å²) in [6.07, 6.45) is 1.57.